The number of rotatable bonds is 5. The number of hydrogen-bond donors (Lipinski definition) is 1. The van der Waals surface area contributed by atoms with Crippen molar-refractivity contribution in [3.8, 4) is 0 Å². The molecule has 2 aliphatic heterocycles. The minimum absolute atomic E-state index is 0. The van der Waals surface area contributed by atoms with Gasteiger partial charge in [0.05, 0.1) is 4.90 Å². The van der Waals surface area contributed by atoms with Gasteiger partial charge in [0.25, 0.3) is 0 Å². The Morgan fingerprint density at radius 1 is 0.893 bits per heavy atom. The molecule has 3 rings (SSSR count). The molecule has 6 nitrogen and oxygen atoms in total. The number of amides is 1. The molecular formula is C20H32ClN3O3S. The summed E-state index contributed by atoms with van der Waals surface area (Å²) in [6.45, 7) is 4.64. The van der Waals surface area contributed by atoms with Gasteiger partial charge in [-0.3, -0.25) is 4.79 Å². The van der Waals surface area contributed by atoms with E-state index in [2.05, 4.69) is 5.32 Å². The molecule has 0 aliphatic carbocycles. The summed E-state index contributed by atoms with van der Waals surface area (Å²) in [5.74, 6) is 0.181. The maximum Gasteiger partial charge on any atom is 0.243 e. The van der Waals surface area contributed by atoms with Crippen molar-refractivity contribution < 1.29 is 13.2 Å². The van der Waals surface area contributed by atoms with Gasteiger partial charge in [-0.2, -0.15) is 4.31 Å². The van der Waals surface area contributed by atoms with E-state index in [9.17, 15) is 13.2 Å². The normalized spacial score (nSPS) is 19.4. The number of halogens is 1. The van der Waals surface area contributed by atoms with Crippen LogP contribution in [0, 0.1) is 0 Å². The summed E-state index contributed by atoms with van der Waals surface area (Å²) in [6, 6.07) is 7.08. The van der Waals surface area contributed by atoms with Crippen LogP contribution >= 0.6 is 12.4 Å². The molecule has 8 heteroatoms. The quantitative estimate of drug-likeness (QED) is 0.780. The van der Waals surface area contributed by atoms with Crippen LogP contribution in [-0.2, 0) is 21.2 Å². The van der Waals surface area contributed by atoms with Crippen LogP contribution in [0.2, 0.25) is 0 Å². The van der Waals surface area contributed by atoms with Gasteiger partial charge in [0.1, 0.15) is 0 Å². The summed E-state index contributed by atoms with van der Waals surface area (Å²) in [7, 11) is -3.40. The molecule has 2 fully saturated rings. The zero-order valence-electron chi connectivity index (χ0n) is 16.4. The van der Waals surface area contributed by atoms with Crippen molar-refractivity contribution in [3.63, 3.8) is 0 Å². The van der Waals surface area contributed by atoms with Crippen molar-refractivity contribution in [2.45, 2.75) is 49.8 Å². The predicted molar refractivity (Wildman–Crippen MR) is 113 cm³/mol. The Bertz CT molecular complexity index is 709. The fourth-order valence-electron chi connectivity index (χ4n) is 3.76. The van der Waals surface area contributed by atoms with Crippen molar-refractivity contribution in [2.75, 3.05) is 39.3 Å². The van der Waals surface area contributed by atoms with E-state index in [1.165, 1.54) is 0 Å². The second kappa shape index (κ2) is 11.1. The van der Waals surface area contributed by atoms with E-state index in [-0.39, 0.29) is 18.3 Å². The van der Waals surface area contributed by atoms with E-state index in [1.807, 2.05) is 17.0 Å². The Kier molecular flexibility index (Phi) is 9.21. The smallest absolute Gasteiger partial charge is 0.243 e. The molecule has 0 bridgehead atoms. The second-order valence-corrected chi connectivity index (χ2v) is 9.38. The lowest BCUT2D eigenvalue weighted by Gasteiger charge is -2.20. The van der Waals surface area contributed by atoms with Gasteiger partial charge in [-0.05, 0) is 49.9 Å². The largest absolute Gasteiger partial charge is 0.341 e. The number of nitrogens with zero attached hydrogens (tertiary/aromatic N) is 2. The highest BCUT2D eigenvalue weighted by atomic mass is 35.5. The molecule has 2 aliphatic rings. The zero-order chi connectivity index (χ0) is 19.1. The molecule has 0 unspecified atom stereocenters. The molecule has 0 aromatic heterocycles. The molecular weight excluding hydrogens is 398 g/mol. The van der Waals surface area contributed by atoms with Gasteiger partial charge in [-0.15, -0.1) is 12.4 Å². The Hall–Kier alpha value is -1.15. The van der Waals surface area contributed by atoms with Crippen LogP contribution < -0.4 is 5.32 Å². The lowest BCUT2D eigenvalue weighted by molar-refractivity contribution is -0.130. The monoisotopic (exact) mass is 429 g/mol. The molecule has 158 valence electrons. The number of sulfonamides is 1. The summed E-state index contributed by atoms with van der Waals surface area (Å²) in [6.07, 6.45) is 6.19. The van der Waals surface area contributed by atoms with Crippen LogP contribution in [0.5, 0.6) is 0 Å². The first-order valence-electron chi connectivity index (χ1n) is 10.1. The van der Waals surface area contributed by atoms with Crippen LogP contribution in [0.25, 0.3) is 0 Å². The van der Waals surface area contributed by atoms with E-state index in [0.29, 0.717) is 30.8 Å². The fourth-order valence-corrected chi connectivity index (χ4v) is 5.28. The molecule has 1 N–H and O–H groups in total. The Morgan fingerprint density at radius 2 is 1.57 bits per heavy atom. The molecule has 1 amide bonds. The number of carbonyl (C=O) groups is 1. The molecule has 0 atom stereocenters. The first-order valence-corrected chi connectivity index (χ1v) is 11.6. The molecule has 1 aromatic carbocycles. The Morgan fingerprint density at radius 3 is 2.25 bits per heavy atom. The minimum atomic E-state index is -3.40. The highest BCUT2D eigenvalue weighted by Gasteiger charge is 2.25. The van der Waals surface area contributed by atoms with Crippen molar-refractivity contribution in [1.82, 2.24) is 14.5 Å². The SMILES string of the molecule is Cl.O=C(CCc1ccc(S(=O)(=O)N2CCCCCC2)cc1)N1CCCNCC1. The van der Waals surface area contributed by atoms with Gasteiger partial charge in [0, 0.05) is 39.1 Å². The van der Waals surface area contributed by atoms with Crippen LogP contribution in [-0.4, -0.2) is 62.8 Å². The average molecular weight is 430 g/mol. The summed E-state index contributed by atoms with van der Waals surface area (Å²) in [5, 5.41) is 3.30. The van der Waals surface area contributed by atoms with Crippen LogP contribution in [0.1, 0.15) is 44.1 Å². The Labute approximate surface area is 175 Å². The van der Waals surface area contributed by atoms with Crippen molar-refractivity contribution in [3.05, 3.63) is 29.8 Å². The highest BCUT2D eigenvalue weighted by molar-refractivity contribution is 7.89. The second-order valence-electron chi connectivity index (χ2n) is 7.45. The number of nitrogens with one attached hydrogen (secondary N) is 1. The van der Waals surface area contributed by atoms with E-state index in [1.54, 1.807) is 16.4 Å². The molecule has 0 saturated carbocycles. The Balaban J connectivity index is 0.00000280. The molecule has 0 spiro atoms. The van der Waals surface area contributed by atoms with Gasteiger partial charge in [0.15, 0.2) is 0 Å². The van der Waals surface area contributed by atoms with Crippen molar-refractivity contribution in [2.24, 2.45) is 0 Å². The van der Waals surface area contributed by atoms with Gasteiger partial charge in [0.2, 0.25) is 15.9 Å². The van der Waals surface area contributed by atoms with Crippen molar-refractivity contribution >= 4 is 28.3 Å². The lowest BCUT2D eigenvalue weighted by atomic mass is 10.1. The third-order valence-corrected chi connectivity index (χ3v) is 7.36. The zero-order valence-corrected chi connectivity index (χ0v) is 18.1. The summed E-state index contributed by atoms with van der Waals surface area (Å²) >= 11 is 0. The highest BCUT2D eigenvalue weighted by Crippen LogP contribution is 2.21. The van der Waals surface area contributed by atoms with Crippen molar-refractivity contribution in [1.29, 1.82) is 0 Å². The predicted octanol–water partition coefficient (Wildman–Crippen LogP) is 2.43. The van der Waals surface area contributed by atoms with E-state index in [4.69, 9.17) is 0 Å². The molecule has 0 radical (unpaired) electrons. The first-order chi connectivity index (χ1) is 13.1. The summed E-state index contributed by atoms with van der Waals surface area (Å²) in [4.78, 5) is 14.7. The molecule has 2 saturated heterocycles. The lowest BCUT2D eigenvalue weighted by Crippen LogP contribution is -2.34. The third-order valence-electron chi connectivity index (χ3n) is 5.45. The number of aryl methyl sites for hydroxylation is 1. The molecule has 2 heterocycles. The minimum Gasteiger partial charge on any atom is -0.341 e. The maximum atomic E-state index is 12.8. The van der Waals surface area contributed by atoms with E-state index >= 15 is 0 Å². The number of hydrogen-bond acceptors (Lipinski definition) is 4. The van der Waals surface area contributed by atoms with Crippen LogP contribution in [0.15, 0.2) is 29.2 Å². The van der Waals surface area contributed by atoms with Crippen LogP contribution in [0.3, 0.4) is 0 Å². The average Bonchev–Trinajstić information content (AvgIpc) is 3.12. The third kappa shape index (κ3) is 6.17. The van der Waals surface area contributed by atoms with Gasteiger partial charge in [-0.1, -0.05) is 25.0 Å². The fraction of sp³-hybridized carbons (Fsp3) is 0.650. The molecule has 1 aromatic rings. The van der Waals surface area contributed by atoms with Gasteiger partial charge in [-0.25, -0.2) is 8.42 Å². The van der Waals surface area contributed by atoms with Gasteiger partial charge < -0.3 is 10.2 Å². The van der Waals surface area contributed by atoms with Crippen LogP contribution in [0.4, 0.5) is 0 Å². The number of carbonyl (C=O) groups excluding carboxylic acids is 1. The molecule has 28 heavy (non-hydrogen) atoms. The standard InChI is InChI=1S/C20H31N3O3S.ClH/c24-20(22-14-5-12-21-13-17-22)11-8-18-6-9-19(10-7-18)27(25,26)23-15-3-1-2-4-16-23;/h6-7,9-10,21H,1-5,8,11-17H2;1H. The summed E-state index contributed by atoms with van der Waals surface area (Å²) < 4.78 is 27.2. The summed E-state index contributed by atoms with van der Waals surface area (Å²) in [5.41, 5.74) is 1.01. The number of benzene rings is 1. The van der Waals surface area contributed by atoms with E-state index in [0.717, 1.165) is 63.8 Å². The first kappa shape index (κ1) is 23.1. The topological polar surface area (TPSA) is 69.7 Å². The van der Waals surface area contributed by atoms with Gasteiger partial charge >= 0.3 is 0 Å². The maximum absolute atomic E-state index is 12.8. The van der Waals surface area contributed by atoms with E-state index < -0.39 is 10.0 Å².